The number of hydrogen-bond donors (Lipinski definition) is 1. The van der Waals surface area contributed by atoms with Gasteiger partial charge in [0, 0.05) is 39.1 Å². The molecule has 1 saturated heterocycles. The van der Waals surface area contributed by atoms with Crippen LogP contribution in [0.1, 0.15) is 188 Å². The van der Waals surface area contributed by atoms with Gasteiger partial charge in [0.25, 0.3) is 0 Å². The topological polar surface area (TPSA) is 113 Å². The standard InChI is InChI=1S/C48H85F3N2O8/c1-4-7-10-13-16-17-18-19-20-21-22-23-24-25-28-31-44(54)59-38-42(40-61-47(56)52-43-36-53(37-43)41-48(49,50)51)39-60-45(55)32-33-46(57-34-29-26-14-11-8-5-2)58-35-30-27-15-12-9-6-3/h16-17,19-20,42-43,46H,4-15,18,21-41H2,1-3H3,(H,52,56)/b17-16-,20-19-. The van der Waals surface area contributed by atoms with Gasteiger partial charge in [-0.15, -0.1) is 0 Å². The maximum atomic E-state index is 12.9. The highest BCUT2D eigenvalue weighted by Gasteiger charge is 2.37. The van der Waals surface area contributed by atoms with E-state index in [2.05, 4.69) is 50.4 Å². The maximum absolute atomic E-state index is 12.9. The first-order valence-electron chi connectivity index (χ1n) is 24.1. The van der Waals surface area contributed by atoms with E-state index in [1.54, 1.807) is 0 Å². The highest BCUT2D eigenvalue weighted by molar-refractivity contribution is 5.70. The second-order valence-electron chi connectivity index (χ2n) is 16.7. The van der Waals surface area contributed by atoms with Crippen LogP contribution in [-0.4, -0.2) is 94.1 Å². The Morgan fingerprint density at radius 2 is 1.07 bits per heavy atom. The van der Waals surface area contributed by atoms with E-state index in [1.165, 1.54) is 75.5 Å². The number of amides is 1. The van der Waals surface area contributed by atoms with Crippen molar-refractivity contribution in [2.75, 3.05) is 52.7 Å². The first kappa shape index (κ1) is 56.4. The van der Waals surface area contributed by atoms with E-state index in [9.17, 15) is 27.6 Å². The van der Waals surface area contributed by atoms with Gasteiger partial charge in [0.1, 0.15) is 19.8 Å². The SMILES string of the molecule is CCCCC/C=C\C/C=C\CCCCCCCC(=O)OCC(COC(=O)CCC(OCCCCCCCC)OCCCCCCCC)COC(=O)NC1CN(CC(F)(F)F)C1. The van der Waals surface area contributed by atoms with Gasteiger partial charge in [-0.25, -0.2) is 4.79 Å². The lowest BCUT2D eigenvalue weighted by atomic mass is 10.1. The summed E-state index contributed by atoms with van der Waals surface area (Å²) in [6, 6.07) is -0.466. The van der Waals surface area contributed by atoms with Crippen LogP contribution in [0, 0.1) is 5.92 Å². The van der Waals surface area contributed by atoms with Crippen LogP contribution in [0.25, 0.3) is 0 Å². The van der Waals surface area contributed by atoms with Crippen molar-refractivity contribution >= 4 is 18.0 Å². The average Bonchev–Trinajstić information content (AvgIpc) is 3.21. The van der Waals surface area contributed by atoms with Crippen LogP contribution in [0.15, 0.2) is 24.3 Å². The fourth-order valence-electron chi connectivity index (χ4n) is 6.88. The van der Waals surface area contributed by atoms with Gasteiger partial charge in [0.05, 0.1) is 24.9 Å². The van der Waals surface area contributed by atoms with Crippen LogP contribution in [0.3, 0.4) is 0 Å². The summed E-state index contributed by atoms with van der Waals surface area (Å²) in [6.07, 6.45) is 29.5. The second kappa shape index (κ2) is 39.0. The number of esters is 2. The fraction of sp³-hybridized carbons (Fsp3) is 0.854. The zero-order valence-electron chi connectivity index (χ0n) is 38.4. The van der Waals surface area contributed by atoms with Crippen molar-refractivity contribution in [1.29, 1.82) is 0 Å². The molecule has 356 valence electrons. The van der Waals surface area contributed by atoms with Gasteiger partial charge in [-0.1, -0.05) is 141 Å². The van der Waals surface area contributed by atoms with Crippen molar-refractivity contribution in [3.63, 3.8) is 0 Å². The molecule has 1 amide bonds. The third kappa shape index (κ3) is 36.5. The molecule has 0 bridgehead atoms. The second-order valence-corrected chi connectivity index (χ2v) is 16.7. The molecule has 10 nitrogen and oxygen atoms in total. The molecule has 0 radical (unpaired) electrons. The Balaban J connectivity index is 2.54. The molecule has 1 N–H and O–H groups in total. The number of carbonyl (C=O) groups is 3. The Bertz CT molecular complexity index is 1110. The summed E-state index contributed by atoms with van der Waals surface area (Å²) in [5.41, 5.74) is 0. The summed E-state index contributed by atoms with van der Waals surface area (Å²) < 4.78 is 66.5. The van der Waals surface area contributed by atoms with Crippen LogP contribution in [-0.2, 0) is 33.3 Å². The van der Waals surface area contributed by atoms with Gasteiger partial charge in [-0.3, -0.25) is 14.5 Å². The summed E-state index contributed by atoms with van der Waals surface area (Å²) in [4.78, 5) is 39.2. The molecule has 0 aliphatic carbocycles. The molecule has 0 aromatic heterocycles. The number of rotatable bonds is 41. The summed E-state index contributed by atoms with van der Waals surface area (Å²) in [7, 11) is 0. The fourth-order valence-corrected chi connectivity index (χ4v) is 6.88. The molecule has 0 saturated carbocycles. The van der Waals surface area contributed by atoms with Gasteiger partial charge < -0.3 is 29.0 Å². The molecule has 0 spiro atoms. The van der Waals surface area contributed by atoms with Crippen LogP contribution >= 0.6 is 0 Å². The minimum atomic E-state index is -4.31. The van der Waals surface area contributed by atoms with Gasteiger partial charge in [-0.2, -0.15) is 13.2 Å². The lowest BCUT2D eigenvalue weighted by molar-refractivity contribution is -0.161. The summed E-state index contributed by atoms with van der Waals surface area (Å²) >= 11 is 0. The van der Waals surface area contributed by atoms with Gasteiger partial charge in [-0.05, 0) is 51.4 Å². The molecule has 1 heterocycles. The third-order valence-corrected chi connectivity index (χ3v) is 10.6. The van der Waals surface area contributed by atoms with Crippen molar-refractivity contribution in [2.24, 2.45) is 5.92 Å². The molecule has 1 aliphatic heterocycles. The minimum Gasteiger partial charge on any atom is -0.465 e. The quantitative estimate of drug-likeness (QED) is 0.0211. The highest BCUT2D eigenvalue weighted by atomic mass is 19.4. The number of allylic oxidation sites excluding steroid dienone is 4. The Morgan fingerprint density at radius 3 is 1.62 bits per heavy atom. The first-order chi connectivity index (χ1) is 29.6. The molecule has 1 fully saturated rings. The molecule has 1 rings (SSSR count). The molecule has 1 unspecified atom stereocenters. The molecule has 1 aliphatic rings. The van der Waals surface area contributed by atoms with Crippen LogP contribution in [0.4, 0.5) is 18.0 Å². The number of alkyl halides is 3. The third-order valence-electron chi connectivity index (χ3n) is 10.6. The zero-order valence-corrected chi connectivity index (χ0v) is 38.4. The number of nitrogens with zero attached hydrogens (tertiary/aromatic N) is 1. The van der Waals surface area contributed by atoms with E-state index in [0.29, 0.717) is 26.1 Å². The highest BCUT2D eigenvalue weighted by Crippen LogP contribution is 2.20. The summed E-state index contributed by atoms with van der Waals surface area (Å²) in [5, 5.41) is 2.57. The van der Waals surface area contributed by atoms with E-state index < -0.39 is 43.0 Å². The number of carbonyl (C=O) groups excluding carboxylic acids is 3. The Kier molecular flexibility index (Phi) is 36.0. The van der Waals surface area contributed by atoms with Gasteiger partial charge in [0.15, 0.2) is 6.29 Å². The van der Waals surface area contributed by atoms with E-state index in [-0.39, 0.29) is 51.7 Å². The predicted molar refractivity (Wildman–Crippen MR) is 237 cm³/mol. The lowest BCUT2D eigenvalue weighted by Gasteiger charge is -2.39. The first-order valence-corrected chi connectivity index (χ1v) is 24.1. The number of nitrogens with one attached hydrogen (secondary N) is 1. The number of halogens is 3. The monoisotopic (exact) mass is 875 g/mol. The molecular weight excluding hydrogens is 790 g/mol. The normalized spacial score (nSPS) is 14.2. The Hall–Kier alpha value is -2.64. The van der Waals surface area contributed by atoms with E-state index in [1.807, 2.05) is 0 Å². The number of ether oxygens (including phenoxy) is 5. The lowest BCUT2D eigenvalue weighted by Crippen LogP contribution is -2.61. The zero-order chi connectivity index (χ0) is 44.7. The molecule has 61 heavy (non-hydrogen) atoms. The van der Waals surface area contributed by atoms with Crippen molar-refractivity contribution in [3.8, 4) is 0 Å². The molecule has 0 aromatic carbocycles. The van der Waals surface area contributed by atoms with Crippen molar-refractivity contribution < 1.29 is 51.2 Å². The number of likely N-dealkylation sites (tertiary alicyclic amines) is 1. The maximum Gasteiger partial charge on any atom is 0.407 e. The van der Waals surface area contributed by atoms with Gasteiger partial charge in [0.2, 0.25) is 0 Å². The van der Waals surface area contributed by atoms with E-state index >= 15 is 0 Å². The predicted octanol–water partition coefficient (Wildman–Crippen LogP) is 12.3. The summed E-state index contributed by atoms with van der Waals surface area (Å²) in [5.74, 6) is -1.48. The summed E-state index contributed by atoms with van der Waals surface area (Å²) in [6.45, 7) is 6.35. The molecular formula is C48H85F3N2O8. The van der Waals surface area contributed by atoms with E-state index in [4.69, 9.17) is 23.7 Å². The molecule has 1 atom stereocenters. The van der Waals surface area contributed by atoms with Crippen molar-refractivity contribution in [3.05, 3.63) is 24.3 Å². The van der Waals surface area contributed by atoms with Gasteiger partial charge >= 0.3 is 24.2 Å². The van der Waals surface area contributed by atoms with Crippen LogP contribution in [0.2, 0.25) is 0 Å². The minimum absolute atomic E-state index is 0.0633. The number of alkyl carbamates (subject to hydrolysis) is 1. The van der Waals surface area contributed by atoms with Crippen LogP contribution < -0.4 is 5.32 Å². The average molecular weight is 875 g/mol. The van der Waals surface area contributed by atoms with E-state index in [0.717, 1.165) is 70.6 Å². The molecule has 13 heteroatoms. The van der Waals surface area contributed by atoms with Crippen LogP contribution in [0.5, 0.6) is 0 Å². The van der Waals surface area contributed by atoms with Crippen molar-refractivity contribution in [1.82, 2.24) is 10.2 Å². The Labute approximate surface area is 367 Å². The number of hydrogen-bond acceptors (Lipinski definition) is 9. The van der Waals surface area contributed by atoms with Crippen molar-refractivity contribution in [2.45, 2.75) is 206 Å². The number of unbranched alkanes of at least 4 members (excludes halogenated alkanes) is 18. The largest absolute Gasteiger partial charge is 0.465 e. The smallest absolute Gasteiger partial charge is 0.407 e. The Morgan fingerprint density at radius 1 is 0.607 bits per heavy atom. The molecule has 0 aromatic rings.